The first kappa shape index (κ1) is 11.9. The van der Waals surface area contributed by atoms with Crippen molar-refractivity contribution in [2.75, 3.05) is 7.11 Å². The van der Waals surface area contributed by atoms with Gasteiger partial charge in [0, 0.05) is 12.5 Å². The fourth-order valence-electron chi connectivity index (χ4n) is 1.01. The summed E-state index contributed by atoms with van der Waals surface area (Å²) in [5.41, 5.74) is 0.480. The fourth-order valence-corrected chi connectivity index (χ4v) is 1.01. The standard InChI is InChI=1S/C11H11NO4/c1-8(13)16-12-10(11(14)15-2)9-6-4-3-5-7-9/h3-7H,1-2H3/b12-10-. The third kappa shape index (κ3) is 3.20. The first-order chi connectivity index (χ1) is 7.65. The van der Waals surface area contributed by atoms with Crippen LogP contribution in [0.1, 0.15) is 12.5 Å². The SMILES string of the molecule is COC(=O)/C(=N\OC(C)=O)c1ccccc1. The van der Waals surface area contributed by atoms with Crippen molar-refractivity contribution in [1.82, 2.24) is 0 Å². The van der Waals surface area contributed by atoms with Gasteiger partial charge in [0.1, 0.15) is 0 Å². The smallest absolute Gasteiger partial charge is 0.360 e. The van der Waals surface area contributed by atoms with Crippen LogP contribution in [-0.4, -0.2) is 24.8 Å². The Morgan fingerprint density at radius 1 is 1.19 bits per heavy atom. The number of rotatable bonds is 3. The van der Waals surface area contributed by atoms with Crippen LogP contribution < -0.4 is 0 Å². The van der Waals surface area contributed by atoms with Crippen molar-refractivity contribution < 1.29 is 19.2 Å². The minimum Gasteiger partial charge on any atom is -0.464 e. The number of hydrogen-bond acceptors (Lipinski definition) is 5. The molecule has 1 rings (SSSR count). The predicted molar refractivity (Wildman–Crippen MR) is 56.8 cm³/mol. The molecule has 0 heterocycles. The van der Waals surface area contributed by atoms with Gasteiger partial charge in [-0.05, 0) is 0 Å². The van der Waals surface area contributed by atoms with E-state index in [0.717, 1.165) is 0 Å². The summed E-state index contributed by atoms with van der Waals surface area (Å²) in [7, 11) is 1.23. The second-order valence-electron chi connectivity index (χ2n) is 2.88. The molecule has 0 aliphatic rings. The molecule has 0 radical (unpaired) electrons. The van der Waals surface area contributed by atoms with Gasteiger partial charge < -0.3 is 9.57 Å². The highest BCUT2D eigenvalue weighted by molar-refractivity contribution is 6.43. The van der Waals surface area contributed by atoms with Crippen molar-refractivity contribution >= 4 is 17.7 Å². The quantitative estimate of drug-likeness (QED) is 0.332. The summed E-state index contributed by atoms with van der Waals surface area (Å²) < 4.78 is 4.54. The van der Waals surface area contributed by atoms with Crippen molar-refractivity contribution in [3.05, 3.63) is 35.9 Å². The Kier molecular flexibility index (Phi) is 4.20. The molecule has 0 unspecified atom stereocenters. The van der Waals surface area contributed by atoms with Crippen molar-refractivity contribution in [2.24, 2.45) is 5.16 Å². The number of methoxy groups -OCH3 is 1. The molecule has 0 aliphatic heterocycles. The second kappa shape index (κ2) is 5.65. The minimum atomic E-state index is -0.660. The molecule has 1 aromatic carbocycles. The molecule has 84 valence electrons. The molecule has 0 saturated heterocycles. The summed E-state index contributed by atoms with van der Waals surface area (Å²) in [6.07, 6.45) is 0. The van der Waals surface area contributed by atoms with Crippen molar-refractivity contribution in [1.29, 1.82) is 0 Å². The van der Waals surface area contributed by atoms with Gasteiger partial charge in [0.2, 0.25) is 0 Å². The molecule has 0 aromatic heterocycles. The fraction of sp³-hybridized carbons (Fsp3) is 0.182. The van der Waals surface area contributed by atoms with E-state index in [1.54, 1.807) is 30.3 Å². The number of ether oxygens (including phenoxy) is 1. The van der Waals surface area contributed by atoms with Crippen LogP contribution in [0.5, 0.6) is 0 Å². The van der Waals surface area contributed by atoms with Crippen LogP contribution in [0.2, 0.25) is 0 Å². The Morgan fingerprint density at radius 3 is 2.31 bits per heavy atom. The van der Waals surface area contributed by atoms with Crippen LogP contribution in [0.4, 0.5) is 0 Å². The third-order valence-electron chi connectivity index (χ3n) is 1.69. The summed E-state index contributed by atoms with van der Waals surface area (Å²) >= 11 is 0. The molecular formula is C11H11NO4. The van der Waals surface area contributed by atoms with Crippen LogP contribution in [0.25, 0.3) is 0 Å². The zero-order valence-electron chi connectivity index (χ0n) is 8.97. The molecule has 0 amide bonds. The van der Waals surface area contributed by atoms with E-state index in [0.29, 0.717) is 5.56 Å². The number of hydrogen-bond donors (Lipinski definition) is 0. The van der Waals surface area contributed by atoms with Gasteiger partial charge in [-0.25, -0.2) is 9.59 Å². The average molecular weight is 221 g/mol. The van der Waals surface area contributed by atoms with Crippen LogP contribution in [-0.2, 0) is 19.2 Å². The van der Waals surface area contributed by atoms with E-state index in [4.69, 9.17) is 0 Å². The van der Waals surface area contributed by atoms with E-state index >= 15 is 0 Å². The molecule has 0 N–H and O–H groups in total. The Bertz CT molecular complexity index is 411. The first-order valence-electron chi connectivity index (χ1n) is 4.54. The largest absolute Gasteiger partial charge is 0.464 e. The highest BCUT2D eigenvalue weighted by Gasteiger charge is 2.15. The van der Waals surface area contributed by atoms with Gasteiger partial charge in [-0.2, -0.15) is 0 Å². The maximum absolute atomic E-state index is 11.4. The van der Waals surface area contributed by atoms with E-state index in [1.165, 1.54) is 14.0 Å². The van der Waals surface area contributed by atoms with Crippen LogP contribution in [0.3, 0.4) is 0 Å². The molecule has 0 saturated carbocycles. The first-order valence-corrected chi connectivity index (χ1v) is 4.54. The van der Waals surface area contributed by atoms with Crippen LogP contribution in [0.15, 0.2) is 35.5 Å². The lowest BCUT2D eigenvalue weighted by atomic mass is 10.1. The molecule has 0 bridgehead atoms. The van der Waals surface area contributed by atoms with Crippen molar-refractivity contribution in [2.45, 2.75) is 6.92 Å². The molecule has 16 heavy (non-hydrogen) atoms. The number of nitrogens with zero attached hydrogens (tertiary/aromatic N) is 1. The summed E-state index contributed by atoms with van der Waals surface area (Å²) in [6.45, 7) is 1.20. The molecule has 0 atom stereocenters. The van der Waals surface area contributed by atoms with E-state index in [1.807, 2.05) is 0 Å². The van der Waals surface area contributed by atoms with Gasteiger partial charge in [0.15, 0.2) is 5.71 Å². The van der Waals surface area contributed by atoms with Gasteiger partial charge in [0.05, 0.1) is 7.11 Å². The Hall–Kier alpha value is -2.17. The van der Waals surface area contributed by atoms with E-state index in [9.17, 15) is 9.59 Å². The summed E-state index contributed by atoms with van der Waals surface area (Å²) in [5.74, 6) is -1.26. The van der Waals surface area contributed by atoms with E-state index in [2.05, 4.69) is 14.7 Å². The average Bonchev–Trinajstić information content (AvgIpc) is 2.30. The lowest BCUT2D eigenvalue weighted by molar-refractivity contribution is -0.141. The van der Waals surface area contributed by atoms with E-state index in [-0.39, 0.29) is 5.71 Å². The minimum absolute atomic E-state index is 0.0432. The summed E-state index contributed by atoms with van der Waals surface area (Å²) in [6, 6.07) is 8.60. The molecule has 5 nitrogen and oxygen atoms in total. The van der Waals surface area contributed by atoms with Crippen LogP contribution in [0, 0.1) is 0 Å². The Morgan fingerprint density at radius 2 is 1.81 bits per heavy atom. The summed E-state index contributed by atoms with van der Waals surface area (Å²) in [5, 5.41) is 3.46. The van der Waals surface area contributed by atoms with E-state index < -0.39 is 11.9 Å². The highest BCUT2D eigenvalue weighted by Crippen LogP contribution is 2.03. The zero-order valence-corrected chi connectivity index (χ0v) is 8.97. The maximum atomic E-state index is 11.4. The van der Waals surface area contributed by atoms with Gasteiger partial charge >= 0.3 is 11.9 Å². The van der Waals surface area contributed by atoms with Crippen molar-refractivity contribution in [3.63, 3.8) is 0 Å². The highest BCUT2D eigenvalue weighted by atomic mass is 16.7. The molecule has 0 fully saturated rings. The Labute approximate surface area is 92.7 Å². The third-order valence-corrected chi connectivity index (χ3v) is 1.69. The topological polar surface area (TPSA) is 65.0 Å². The second-order valence-corrected chi connectivity index (χ2v) is 2.88. The number of carbonyl (C=O) groups is 2. The molecular weight excluding hydrogens is 210 g/mol. The number of carbonyl (C=O) groups excluding carboxylic acids is 2. The number of benzene rings is 1. The maximum Gasteiger partial charge on any atom is 0.360 e. The van der Waals surface area contributed by atoms with Gasteiger partial charge in [0.25, 0.3) is 0 Å². The monoisotopic (exact) mass is 221 g/mol. The molecule has 0 aliphatic carbocycles. The van der Waals surface area contributed by atoms with Crippen molar-refractivity contribution in [3.8, 4) is 0 Å². The molecule has 5 heteroatoms. The van der Waals surface area contributed by atoms with Crippen LogP contribution >= 0.6 is 0 Å². The van der Waals surface area contributed by atoms with Gasteiger partial charge in [-0.3, -0.25) is 0 Å². The normalized spacial score (nSPS) is 10.8. The van der Waals surface area contributed by atoms with Gasteiger partial charge in [-0.15, -0.1) is 0 Å². The molecule has 0 spiro atoms. The summed E-state index contributed by atoms with van der Waals surface area (Å²) in [4.78, 5) is 26.4. The van der Waals surface area contributed by atoms with Gasteiger partial charge in [-0.1, -0.05) is 35.5 Å². The lowest BCUT2D eigenvalue weighted by Gasteiger charge is -2.02. The Balaban J connectivity index is 3.01. The number of esters is 1. The lowest BCUT2D eigenvalue weighted by Crippen LogP contribution is -2.18. The zero-order chi connectivity index (χ0) is 12.0. The molecule has 1 aromatic rings. The number of oxime groups is 1. The predicted octanol–water partition coefficient (Wildman–Crippen LogP) is 1.13.